The summed E-state index contributed by atoms with van der Waals surface area (Å²) in [5.41, 5.74) is 2.96. The number of rotatable bonds is 6. The fourth-order valence-corrected chi connectivity index (χ4v) is 3.97. The highest BCUT2D eigenvalue weighted by atomic mass is 32.1. The number of esters is 1. The van der Waals surface area contributed by atoms with Gasteiger partial charge in [-0.1, -0.05) is 0 Å². The van der Waals surface area contributed by atoms with Gasteiger partial charge in [0.2, 0.25) is 0 Å². The number of nitrogens with zero attached hydrogens (tertiary/aromatic N) is 4. The van der Waals surface area contributed by atoms with E-state index in [1.165, 1.54) is 24.2 Å². The van der Waals surface area contributed by atoms with Crippen LogP contribution >= 0.6 is 11.3 Å². The van der Waals surface area contributed by atoms with E-state index in [9.17, 15) is 9.59 Å². The van der Waals surface area contributed by atoms with Gasteiger partial charge in [0, 0.05) is 42.2 Å². The van der Waals surface area contributed by atoms with E-state index in [1.807, 2.05) is 19.1 Å². The molecule has 0 saturated carbocycles. The lowest BCUT2D eigenvalue weighted by Crippen LogP contribution is -2.22. The van der Waals surface area contributed by atoms with E-state index in [0.717, 1.165) is 24.3 Å². The minimum atomic E-state index is -0.662. The molecule has 1 aliphatic rings. The summed E-state index contributed by atoms with van der Waals surface area (Å²) in [5.74, 6) is -0.626. The van der Waals surface area contributed by atoms with E-state index in [-0.39, 0.29) is 12.3 Å². The Morgan fingerprint density at radius 2 is 1.97 bits per heavy atom. The topological polar surface area (TPSA) is 97.3 Å². The maximum atomic E-state index is 12.2. The van der Waals surface area contributed by atoms with Crippen molar-refractivity contribution in [2.45, 2.75) is 19.8 Å². The number of hydrogen-bond acceptors (Lipinski definition) is 8. The second-order valence-corrected chi connectivity index (χ2v) is 7.79. The van der Waals surface area contributed by atoms with Crippen molar-refractivity contribution in [1.82, 2.24) is 15.0 Å². The van der Waals surface area contributed by atoms with Crippen molar-refractivity contribution in [2.75, 3.05) is 29.9 Å². The normalized spacial score (nSPS) is 13.3. The van der Waals surface area contributed by atoms with E-state index < -0.39 is 11.9 Å². The van der Waals surface area contributed by atoms with Crippen LogP contribution in [0.25, 0.3) is 10.8 Å². The second-order valence-electron chi connectivity index (χ2n) is 6.93. The van der Waals surface area contributed by atoms with Crippen molar-refractivity contribution in [2.24, 2.45) is 0 Å². The lowest BCUT2D eigenvalue weighted by Gasteiger charge is -2.19. The minimum Gasteiger partial charge on any atom is -0.451 e. The van der Waals surface area contributed by atoms with Gasteiger partial charge in [-0.15, -0.1) is 11.3 Å². The summed E-state index contributed by atoms with van der Waals surface area (Å²) in [7, 11) is 0. The van der Waals surface area contributed by atoms with Crippen LogP contribution < -0.4 is 10.2 Å². The minimum absolute atomic E-state index is 0.126. The fourth-order valence-electron chi connectivity index (χ4n) is 3.23. The number of thiazole rings is 1. The van der Waals surface area contributed by atoms with E-state index >= 15 is 0 Å². The third kappa shape index (κ3) is 4.62. The average Bonchev–Trinajstić information content (AvgIpc) is 3.46. The molecule has 0 bridgehead atoms. The van der Waals surface area contributed by atoms with Crippen LogP contribution in [-0.4, -0.2) is 46.5 Å². The number of carbonyl (C=O) groups is 2. The van der Waals surface area contributed by atoms with Gasteiger partial charge in [-0.05, 0) is 49.6 Å². The number of hydrogen-bond donors (Lipinski definition) is 1. The molecule has 2 aromatic heterocycles. The number of aromatic nitrogens is 3. The SMILES string of the molecule is Cc1cc(N2CCCC2)ccc1NC(=O)COC(=O)c1csc(-c2ncccn2)n1. The lowest BCUT2D eigenvalue weighted by atomic mass is 10.1. The third-order valence-corrected chi connectivity index (χ3v) is 5.60. The van der Waals surface area contributed by atoms with Gasteiger partial charge in [0.15, 0.2) is 23.1 Å². The Morgan fingerprint density at radius 3 is 2.70 bits per heavy atom. The number of aryl methyl sites for hydroxylation is 1. The molecule has 0 spiro atoms. The zero-order valence-electron chi connectivity index (χ0n) is 16.5. The highest BCUT2D eigenvalue weighted by Crippen LogP contribution is 2.25. The van der Waals surface area contributed by atoms with E-state index in [0.29, 0.717) is 16.5 Å². The molecular weight excluding hydrogens is 402 g/mol. The molecule has 1 aromatic carbocycles. The van der Waals surface area contributed by atoms with Gasteiger partial charge in [-0.2, -0.15) is 0 Å². The zero-order valence-corrected chi connectivity index (χ0v) is 17.3. The number of anilines is 2. The van der Waals surface area contributed by atoms with E-state index in [4.69, 9.17) is 4.74 Å². The standard InChI is InChI=1S/C21H21N5O3S/c1-14-11-15(26-9-2-3-10-26)5-6-16(14)24-18(27)12-29-21(28)17-13-30-20(25-17)19-22-7-4-8-23-19/h4-8,11,13H,2-3,9-10,12H2,1H3,(H,24,27). The Labute approximate surface area is 178 Å². The molecule has 9 heteroatoms. The molecule has 154 valence electrons. The molecule has 3 heterocycles. The van der Waals surface area contributed by atoms with Gasteiger partial charge in [0.25, 0.3) is 5.91 Å². The summed E-state index contributed by atoms with van der Waals surface area (Å²) >= 11 is 1.24. The molecular formula is C21H21N5O3S. The molecule has 30 heavy (non-hydrogen) atoms. The molecule has 1 saturated heterocycles. The number of carbonyl (C=O) groups excluding carboxylic acids is 2. The predicted molar refractivity (Wildman–Crippen MR) is 115 cm³/mol. The van der Waals surface area contributed by atoms with Gasteiger partial charge in [0.05, 0.1) is 0 Å². The largest absolute Gasteiger partial charge is 0.451 e. The molecule has 1 N–H and O–H groups in total. The smallest absolute Gasteiger partial charge is 0.358 e. The number of amides is 1. The van der Waals surface area contributed by atoms with Gasteiger partial charge in [-0.25, -0.2) is 19.7 Å². The molecule has 1 aliphatic heterocycles. The molecule has 0 aliphatic carbocycles. The first-order valence-corrected chi connectivity index (χ1v) is 10.5. The summed E-state index contributed by atoms with van der Waals surface area (Å²) in [4.78, 5) is 39.2. The van der Waals surface area contributed by atoms with Crippen LogP contribution in [0.15, 0.2) is 42.0 Å². The molecule has 0 unspecified atom stereocenters. The molecule has 8 nitrogen and oxygen atoms in total. The van der Waals surface area contributed by atoms with Crippen LogP contribution in [0.1, 0.15) is 28.9 Å². The number of benzene rings is 1. The van der Waals surface area contributed by atoms with Crippen molar-refractivity contribution in [3.8, 4) is 10.8 Å². The maximum Gasteiger partial charge on any atom is 0.358 e. The molecule has 3 aromatic rings. The van der Waals surface area contributed by atoms with Gasteiger partial charge in [-0.3, -0.25) is 4.79 Å². The summed E-state index contributed by atoms with van der Waals surface area (Å²) in [6.07, 6.45) is 5.63. The van der Waals surface area contributed by atoms with Crippen LogP contribution in [0, 0.1) is 6.92 Å². The average molecular weight is 423 g/mol. The summed E-state index contributed by atoms with van der Waals surface area (Å²) in [6.45, 7) is 3.69. The predicted octanol–water partition coefficient (Wildman–Crippen LogP) is 3.30. The first-order chi connectivity index (χ1) is 14.6. The Balaban J connectivity index is 1.31. The molecule has 0 atom stereocenters. The summed E-state index contributed by atoms with van der Waals surface area (Å²) in [5, 5.41) is 4.87. The van der Waals surface area contributed by atoms with Crippen molar-refractivity contribution in [1.29, 1.82) is 0 Å². The van der Waals surface area contributed by atoms with Crippen molar-refractivity contribution in [3.05, 3.63) is 53.3 Å². The first kappa shape index (κ1) is 20.0. The van der Waals surface area contributed by atoms with Crippen LogP contribution in [0.3, 0.4) is 0 Å². The van der Waals surface area contributed by atoms with E-state index in [2.05, 4.69) is 31.2 Å². The van der Waals surface area contributed by atoms with Crippen molar-refractivity contribution < 1.29 is 14.3 Å². The quantitative estimate of drug-likeness (QED) is 0.608. The third-order valence-electron chi connectivity index (χ3n) is 4.76. The monoisotopic (exact) mass is 423 g/mol. The number of nitrogens with one attached hydrogen (secondary N) is 1. The molecule has 0 radical (unpaired) electrons. The fraction of sp³-hybridized carbons (Fsp3) is 0.286. The Kier molecular flexibility index (Phi) is 5.99. The summed E-state index contributed by atoms with van der Waals surface area (Å²) < 4.78 is 5.10. The molecule has 4 rings (SSSR count). The Bertz CT molecular complexity index is 1050. The first-order valence-electron chi connectivity index (χ1n) is 9.65. The Hall–Kier alpha value is -3.33. The lowest BCUT2D eigenvalue weighted by molar-refractivity contribution is -0.119. The molecule has 1 fully saturated rings. The van der Waals surface area contributed by atoms with Crippen molar-refractivity contribution in [3.63, 3.8) is 0 Å². The van der Waals surface area contributed by atoms with E-state index in [1.54, 1.807) is 23.8 Å². The van der Waals surface area contributed by atoms with Crippen LogP contribution in [-0.2, 0) is 9.53 Å². The van der Waals surface area contributed by atoms with Crippen molar-refractivity contribution >= 4 is 34.6 Å². The highest BCUT2D eigenvalue weighted by molar-refractivity contribution is 7.13. The van der Waals surface area contributed by atoms with Crippen LogP contribution in [0.2, 0.25) is 0 Å². The number of ether oxygens (including phenoxy) is 1. The summed E-state index contributed by atoms with van der Waals surface area (Å²) in [6, 6.07) is 7.65. The van der Waals surface area contributed by atoms with Crippen LogP contribution in [0.5, 0.6) is 0 Å². The van der Waals surface area contributed by atoms with Crippen LogP contribution in [0.4, 0.5) is 11.4 Å². The Morgan fingerprint density at radius 1 is 1.20 bits per heavy atom. The van der Waals surface area contributed by atoms with Gasteiger partial charge in [0.1, 0.15) is 0 Å². The highest BCUT2D eigenvalue weighted by Gasteiger charge is 2.17. The van der Waals surface area contributed by atoms with Gasteiger partial charge < -0.3 is 15.0 Å². The zero-order chi connectivity index (χ0) is 20.9. The molecule has 1 amide bonds. The second kappa shape index (κ2) is 9.00. The maximum absolute atomic E-state index is 12.2. The van der Waals surface area contributed by atoms with Gasteiger partial charge >= 0.3 is 5.97 Å².